The minimum Gasteiger partial charge on any atom is -0.452 e. The van der Waals surface area contributed by atoms with Crippen molar-refractivity contribution >= 4 is 45.1 Å². The molecule has 2 aromatic rings. The molecule has 0 fully saturated rings. The van der Waals surface area contributed by atoms with E-state index in [0.29, 0.717) is 5.02 Å². The standard InChI is InChI=1S/C20H22Cl2N2O5S/c1-20(2,3)24-30(27,28)17-10-14(6-9-16(17)22)19(26)29-12-18(25)23-11-13-4-7-15(21)8-5-13/h4-10,24H,11-12H2,1-3H3,(H,23,25). The van der Waals surface area contributed by atoms with Gasteiger partial charge in [-0.05, 0) is 56.7 Å². The smallest absolute Gasteiger partial charge is 0.338 e. The number of amides is 1. The van der Waals surface area contributed by atoms with Crippen molar-refractivity contribution in [2.45, 2.75) is 37.8 Å². The van der Waals surface area contributed by atoms with Crippen molar-refractivity contribution in [3.63, 3.8) is 0 Å². The maximum absolute atomic E-state index is 12.5. The molecule has 0 heterocycles. The maximum atomic E-state index is 12.5. The predicted molar refractivity (Wildman–Crippen MR) is 115 cm³/mol. The van der Waals surface area contributed by atoms with Crippen LogP contribution in [0.3, 0.4) is 0 Å². The molecule has 1 amide bonds. The molecule has 7 nitrogen and oxygen atoms in total. The van der Waals surface area contributed by atoms with Crippen LogP contribution < -0.4 is 10.0 Å². The summed E-state index contributed by atoms with van der Waals surface area (Å²) in [6.07, 6.45) is 0. The molecular formula is C20H22Cl2N2O5S. The minimum atomic E-state index is -3.96. The van der Waals surface area contributed by atoms with Gasteiger partial charge in [-0.15, -0.1) is 0 Å². The van der Waals surface area contributed by atoms with Gasteiger partial charge in [-0.2, -0.15) is 0 Å². The average Bonchev–Trinajstić information content (AvgIpc) is 2.64. The Kier molecular flexibility index (Phi) is 7.87. The van der Waals surface area contributed by atoms with Crippen molar-refractivity contribution in [1.29, 1.82) is 0 Å². The molecule has 0 atom stereocenters. The lowest BCUT2D eigenvalue weighted by Gasteiger charge is -2.21. The topological polar surface area (TPSA) is 102 Å². The van der Waals surface area contributed by atoms with E-state index in [1.807, 2.05) is 0 Å². The molecule has 0 bridgehead atoms. The monoisotopic (exact) mass is 472 g/mol. The normalized spacial score (nSPS) is 11.8. The number of benzene rings is 2. The fourth-order valence-corrected chi connectivity index (χ4v) is 4.43. The summed E-state index contributed by atoms with van der Waals surface area (Å²) >= 11 is 11.8. The lowest BCUT2D eigenvalue weighted by Crippen LogP contribution is -2.40. The molecule has 0 aliphatic rings. The van der Waals surface area contributed by atoms with E-state index in [1.54, 1.807) is 45.0 Å². The molecule has 2 aromatic carbocycles. The van der Waals surface area contributed by atoms with E-state index in [0.717, 1.165) is 11.6 Å². The van der Waals surface area contributed by atoms with Gasteiger partial charge < -0.3 is 10.1 Å². The third-order valence-electron chi connectivity index (χ3n) is 3.63. The molecule has 0 saturated carbocycles. The first-order valence-electron chi connectivity index (χ1n) is 8.89. The van der Waals surface area contributed by atoms with Gasteiger partial charge in [0, 0.05) is 17.1 Å². The van der Waals surface area contributed by atoms with Crippen LogP contribution in [0, 0.1) is 0 Å². The summed E-state index contributed by atoms with van der Waals surface area (Å²) in [6, 6.07) is 10.6. The number of ether oxygens (including phenoxy) is 1. The lowest BCUT2D eigenvalue weighted by atomic mass is 10.1. The minimum absolute atomic E-state index is 0.0380. The second-order valence-corrected chi connectivity index (χ2v) is 9.97. The molecule has 2 rings (SSSR count). The van der Waals surface area contributed by atoms with Gasteiger partial charge in [0.15, 0.2) is 6.61 Å². The van der Waals surface area contributed by atoms with Crippen LogP contribution in [0.2, 0.25) is 10.0 Å². The van der Waals surface area contributed by atoms with E-state index in [-0.39, 0.29) is 22.0 Å². The van der Waals surface area contributed by atoms with Gasteiger partial charge in [0.25, 0.3) is 5.91 Å². The highest BCUT2D eigenvalue weighted by molar-refractivity contribution is 7.89. The molecule has 0 aliphatic carbocycles. The van der Waals surface area contributed by atoms with Gasteiger partial charge in [-0.3, -0.25) is 4.79 Å². The SMILES string of the molecule is CC(C)(C)NS(=O)(=O)c1cc(C(=O)OCC(=O)NCc2ccc(Cl)cc2)ccc1Cl. The largest absolute Gasteiger partial charge is 0.452 e. The van der Waals surface area contributed by atoms with Crippen LogP contribution in [-0.4, -0.2) is 32.4 Å². The molecule has 30 heavy (non-hydrogen) atoms. The number of rotatable bonds is 7. The summed E-state index contributed by atoms with van der Waals surface area (Å²) in [5.41, 5.74) is 0.0538. The molecule has 10 heteroatoms. The van der Waals surface area contributed by atoms with Gasteiger partial charge in [0.1, 0.15) is 4.90 Å². The summed E-state index contributed by atoms with van der Waals surface area (Å²) in [4.78, 5) is 23.9. The van der Waals surface area contributed by atoms with E-state index in [1.165, 1.54) is 12.1 Å². The zero-order valence-corrected chi connectivity index (χ0v) is 19.0. The van der Waals surface area contributed by atoms with Crippen molar-refractivity contribution < 1.29 is 22.7 Å². The molecule has 0 saturated heterocycles. The predicted octanol–water partition coefficient (Wildman–Crippen LogP) is 3.54. The Balaban J connectivity index is 2.00. The van der Waals surface area contributed by atoms with Gasteiger partial charge in [-0.25, -0.2) is 17.9 Å². The highest BCUT2D eigenvalue weighted by Crippen LogP contribution is 2.24. The Bertz CT molecular complexity index is 1030. The first-order chi connectivity index (χ1) is 13.9. The van der Waals surface area contributed by atoms with Crippen LogP contribution in [-0.2, 0) is 26.1 Å². The lowest BCUT2D eigenvalue weighted by molar-refractivity contribution is -0.124. The maximum Gasteiger partial charge on any atom is 0.338 e. The summed E-state index contributed by atoms with van der Waals surface area (Å²) < 4.78 is 32.5. The molecule has 0 aliphatic heterocycles. The summed E-state index contributed by atoms with van der Waals surface area (Å²) in [6.45, 7) is 4.77. The zero-order chi connectivity index (χ0) is 22.5. The van der Waals surface area contributed by atoms with Crippen LogP contribution in [0.15, 0.2) is 47.4 Å². The average molecular weight is 473 g/mol. The van der Waals surface area contributed by atoms with E-state index < -0.39 is 34.0 Å². The fourth-order valence-electron chi connectivity index (χ4n) is 2.36. The van der Waals surface area contributed by atoms with Crippen molar-refractivity contribution in [2.24, 2.45) is 0 Å². The van der Waals surface area contributed by atoms with Crippen molar-refractivity contribution in [2.75, 3.05) is 6.61 Å². The number of hydrogen-bond acceptors (Lipinski definition) is 5. The first-order valence-corrected chi connectivity index (χ1v) is 11.1. The van der Waals surface area contributed by atoms with Crippen molar-refractivity contribution in [3.05, 3.63) is 63.6 Å². The Morgan fingerprint density at radius 1 is 1.03 bits per heavy atom. The molecule has 0 unspecified atom stereocenters. The number of nitrogens with one attached hydrogen (secondary N) is 2. The van der Waals surface area contributed by atoms with Gasteiger partial charge in [0.05, 0.1) is 10.6 Å². The Labute approximate surface area is 185 Å². The first kappa shape index (κ1) is 24.1. The molecular weight excluding hydrogens is 451 g/mol. The Hall–Kier alpha value is -2.13. The quantitative estimate of drug-likeness (QED) is 0.599. The third kappa shape index (κ3) is 7.28. The van der Waals surface area contributed by atoms with E-state index in [4.69, 9.17) is 27.9 Å². The Morgan fingerprint density at radius 3 is 2.27 bits per heavy atom. The molecule has 0 aromatic heterocycles. The summed E-state index contributed by atoms with van der Waals surface area (Å²) in [5, 5.41) is 3.16. The van der Waals surface area contributed by atoms with Gasteiger partial charge >= 0.3 is 5.97 Å². The zero-order valence-electron chi connectivity index (χ0n) is 16.7. The highest BCUT2D eigenvalue weighted by atomic mass is 35.5. The fraction of sp³-hybridized carbons (Fsp3) is 0.300. The molecule has 0 spiro atoms. The summed E-state index contributed by atoms with van der Waals surface area (Å²) in [5.74, 6) is -1.35. The number of hydrogen-bond donors (Lipinski definition) is 2. The number of carbonyl (C=O) groups excluding carboxylic acids is 2. The second kappa shape index (κ2) is 9.78. The van der Waals surface area contributed by atoms with Gasteiger partial charge in [-0.1, -0.05) is 35.3 Å². The van der Waals surface area contributed by atoms with E-state index in [2.05, 4.69) is 10.0 Å². The number of halogens is 2. The highest BCUT2D eigenvalue weighted by Gasteiger charge is 2.25. The van der Waals surface area contributed by atoms with Crippen LogP contribution in [0.4, 0.5) is 0 Å². The summed E-state index contributed by atoms with van der Waals surface area (Å²) in [7, 11) is -3.96. The van der Waals surface area contributed by atoms with Crippen molar-refractivity contribution in [3.8, 4) is 0 Å². The Morgan fingerprint density at radius 2 is 1.67 bits per heavy atom. The van der Waals surface area contributed by atoms with Crippen LogP contribution in [0.5, 0.6) is 0 Å². The molecule has 2 N–H and O–H groups in total. The number of carbonyl (C=O) groups is 2. The molecule has 0 radical (unpaired) electrons. The third-order valence-corrected chi connectivity index (χ3v) is 6.13. The van der Waals surface area contributed by atoms with Gasteiger partial charge in [0.2, 0.25) is 10.0 Å². The van der Waals surface area contributed by atoms with Crippen LogP contribution in [0.1, 0.15) is 36.7 Å². The molecule has 162 valence electrons. The van der Waals surface area contributed by atoms with E-state index in [9.17, 15) is 18.0 Å². The number of esters is 1. The second-order valence-electron chi connectivity index (χ2n) is 7.48. The van der Waals surface area contributed by atoms with Crippen molar-refractivity contribution in [1.82, 2.24) is 10.0 Å². The number of sulfonamides is 1. The van der Waals surface area contributed by atoms with Crippen LogP contribution in [0.25, 0.3) is 0 Å². The van der Waals surface area contributed by atoms with E-state index >= 15 is 0 Å². The van der Waals surface area contributed by atoms with Crippen LogP contribution >= 0.6 is 23.2 Å².